The van der Waals surface area contributed by atoms with Crippen molar-refractivity contribution in [2.24, 2.45) is 0 Å². The molecule has 0 aromatic rings. The fourth-order valence-electron chi connectivity index (χ4n) is 0.904. The van der Waals surface area contributed by atoms with Crippen molar-refractivity contribution in [2.75, 3.05) is 14.1 Å². The first-order valence-electron chi connectivity index (χ1n) is 4.32. The number of unbranched alkanes of at least 4 members (excludes halogenated alkanes) is 3. The van der Waals surface area contributed by atoms with E-state index in [-0.39, 0.29) is 5.91 Å². The Morgan fingerprint density at radius 1 is 1.25 bits per heavy atom. The molecule has 0 unspecified atom stereocenters. The zero-order valence-corrected chi connectivity index (χ0v) is 7.88. The summed E-state index contributed by atoms with van der Waals surface area (Å²) in [5, 5.41) is 0. The molecule has 0 aliphatic heterocycles. The lowest BCUT2D eigenvalue weighted by molar-refractivity contribution is -0.128. The Kier molecular flexibility index (Phi) is 6.34. The van der Waals surface area contributed by atoms with Gasteiger partial charge in [-0.1, -0.05) is 6.42 Å². The van der Waals surface area contributed by atoms with Crippen LogP contribution < -0.4 is 0 Å². The van der Waals surface area contributed by atoms with E-state index in [0.717, 1.165) is 25.5 Å². The summed E-state index contributed by atoms with van der Waals surface area (Å²) in [5.74, 6) is 0.168. The van der Waals surface area contributed by atoms with Crippen LogP contribution in [0, 0.1) is 0 Å². The number of carbonyl (C=O) groups is 2. The second kappa shape index (κ2) is 6.83. The summed E-state index contributed by atoms with van der Waals surface area (Å²) in [7, 11) is 3.52. The first-order valence-corrected chi connectivity index (χ1v) is 4.32. The number of amides is 1. The highest BCUT2D eigenvalue weighted by Gasteiger charge is 2.01. The van der Waals surface area contributed by atoms with E-state index < -0.39 is 0 Å². The van der Waals surface area contributed by atoms with Gasteiger partial charge in [0.15, 0.2) is 0 Å². The summed E-state index contributed by atoms with van der Waals surface area (Å²) < 4.78 is 0. The van der Waals surface area contributed by atoms with Crippen molar-refractivity contribution in [2.45, 2.75) is 32.1 Å². The summed E-state index contributed by atoms with van der Waals surface area (Å²) in [6.45, 7) is 0. The van der Waals surface area contributed by atoms with Crippen molar-refractivity contribution in [1.29, 1.82) is 0 Å². The monoisotopic (exact) mass is 171 g/mol. The van der Waals surface area contributed by atoms with Gasteiger partial charge in [-0.2, -0.15) is 0 Å². The quantitative estimate of drug-likeness (QED) is 0.445. The number of rotatable bonds is 6. The Balaban J connectivity index is 3.19. The van der Waals surface area contributed by atoms with Crippen LogP contribution in [0.1, 0.15) is 32.1 Å². The van der Waals surface area contributed by atoms with Gasteiger partial charge in [-0.25, -0.2) is 0 Å². The molecule has 0 aromatic carbocycles. The van der Waals surface area contributed by atoms with Gasteiger partial charge in [0.25, 0.3) is 0 Å². The molecule has 0 N–H and O–H groups in total. The molecule has 0 fully saturated rings. The van der Waals surface area contributed by atoms with Gasteiger partial charge in [0.2, 0.25) is 5.91 Å². The Labute approximate surface area is 73.7 Å². The van der Waals surface area contributed by atoms with E-state index in [1.807, 2.05) is 0 Å². The van der Waals surface area contributed by atoms with Crippen LogP contribution in [-0.2, 0) is 9.59 Å². The molecule has 0 rings (SSSR count). The molecule has 0 aromatic heterocycles. The minimum atomic E-state index is 0.168. The van der Waals surface area contributed by atoms with Gasteiger partial charge < -0.3 is 9.69 Å². The van der Waals surface area contributed by atoms with Crippen molar-refractivity contribution in [3.8, 4) is 0 Å². The zero-order chi connectivity index (χ0) is 9.40. The van der Waals surface area contributed by atoms with E-state index in [4.69, 9.17) is 0 Å². The van der Waals surface area contributed by atoms with Crippen LogP contribution in [0.3, 0.4) is 0 Å². The molecule has 1 amide bonds. The molecule has 0 aliphatic carbocycles. The molecule has 3 heteroatoms. The van der Waals surface area contributed by atoms with Gasteiger partial charge in [0.1, 0.15) is 6.29 Å². The molecule has 0 radical (unpaired) electrons. The maximum absolute atomic E-state index is 11.0. The number of nitrogens with zero attached hydrogens (tertiary/aromatic N) is 1. The first-order chi connectivity index (χ1) is 5.68. The topological polar surface area (TPSA) is 37.4 Å². The molecular weight excluding hydrogens is 154 g/mol. The molecule has 3 nitrogen and oxygen atoms in total. The molecule has 0 bridgehead atoms. The van der Waals surface area contributed by atoms with Gasteiger partial charge >= 0.3 is 0 Å². The van der Waals surface area contributed by atoms with Crippen LogP contribution >= 0.6 is 0 Å². The van der Waals surface area contributed by atoms with Crippen LogP contribution in [0.5, 0.6) is 0 Å². The van der Waals surface area contributed by atoms with Gasteiger partial charge in [0.05, 0.1) is 0 Å². The van der Waals surface area contributed by atoms with Crippen LogP contribution in [0.15, 0.2) is 0 Å². The minimum Gasteiger partial charge on any atom is -0.349 e. The van der Waals surface area contributed by atoms with E-state index in [2.05, 4.69) is 0 Å². The van der Waals surface area contributed by atoms with Crippen LogP contribution in [0.2, 0.25) is 0 Å². The van der Waals surface area contributed by atoms with E-state index >= 15 is 0 Å². The molecule has 70 valence electrons. The third-order valence-corrected chi connectivity index (χ3v) is 1.71. The fraction of sp³-hybridized carbons (Fsp3) is 0.778. The SMILES string of the molecule is CN(C)C(=O)CCCCCC=O. The Bertz CT molecular complexity index is 143. The largest absolute Gasteiger partial charge is 0.349 e. The standard InChI is InChI=1S/C9H17NO2/c1-10(2)9(12)7-5-3-4-6-8-11/h8H,3-7H2,1-2H3. The first kappa shape index (κ1) is 11.1. The predicted octanol–water partition coefficient (Wildman–Crippen LogP) is 1.22. The summed E-state index contributed by atoms with van der Waals surface area (Å²) in [6.07, 6.45) is 4.92. The summed E-state index contributed by atoms with van der Waals surface area (Å²) >= 11 is 0. The summed E-state index contributed by atoms with van der Waals surface area (Å²) in [6, 6.07) is 0. The number of carbonyl (C=O) groups excluding carboxylic acids is 2. The molecule has 0 spiro atoms. The Morgan fingerprint density at radius 2 is 1.92 bits per heavy atom. The van der Waals surface area contributed by atoms with Crippen molar-refractivity contribution >= 4 is 12.2 Å². The highest BCUT2D eigenvalue weighted by Crippen LogP contribution is 2.02. The zero-order valence-electron chi connectivity index (χ0n) is 7.88. The number of aldehydes is 1. The molecule has 0 atom stereocenters. The Hall–Kier alpha value is -0.860. The predicted molar refractivity (Wildman–Crippen MR) is 47.8 cm³/mol. The third-order valence-electron chi connectivity index (χ3n) is 1.71. The maximum atomic E-state index is 11.0. The fourth-order valence-corrected chi connectivity index (χ4v) is 0.904. The average molecular weight is 171 g/mol. The van der Waals surface area contributed by atoms with E-state index in [1.165, 1.54) is 0 Å². The lowest BCUT2D eigenvalue weighted by atomic mass is 10.1. The van der Waals surface area contributed by atoms with Crippen LogP contribution in [-0.4, -0.2) is 31.2 Å². The van der Waals surface area contributed by atoms with Crippen molar-refractivity contribution in [3.05, 3.63) is 0 Å². The molecule has 0 heterocycles. The number of hydrogen-bond acceptors (Lipinski definition) is 2. The highest BCUT2D eigenvalue weighted by molar-refractivity contribution is 5.75. The summed E-state index contributed by atoms with van der Waals surface area (Å²) in [5.41, 5.74) is 0. The second-order valence-corrected chi connectivity index (χ2v) is 3.05. The maximum Gasteiger partial charge on any atom is 0.222 e. The van der Waals surface area contributed by atoms with Gasteiger partial charge in [-0.15, -0.1) is 0 Å². The van der Waals surface area contributed by atoms with Crippen molar-refractivity contribution in [1.82, 2.24) is 4.90 Å². The third kappa shape index (κ3) is 5.89. The minimum absolute atomic E-state index is 0.168. The average Bonchev–Trinajstić information content (AvgIpc) is 2.03. The van der Waals surface area contributed by atoms with Crippen molar-refractivity contribution in [3.63, 3.8) is 0 Å². The van der Waals surface area contributed by atoms with Gasteiger partial charge in [-0.3, -0.25) is 4.79 Å². The lowest BCUT2D eigenvalue weighted by Crippen LogP contribution is -2.20. The van der Waals surface area contributed by atoms with E-state index in [9.17, 15) is 9.59 Å². The van der Waals surface area contributed by atoms with Crippen molar-refractivity contribution < 1.29 is 9.59 Å². The molecule has 12 heavy (non-hydrogen) atoms. The Morgan fingerprint density at radius 3 is 2.42 bits per heavy atom. The van der Waals surface area contributed by atoms with Gasteiger partial charge in [-0.05, 0) is 12.8 Å². The molecule has 0 aliphatic rings. The second-order valence-electron chi connectivity index (χ2n) is 3.05. The number of hydrogen-bond donors (Lipinski definition) is 0. The lowest BCUT2D eigenvalue weighted by Gasteiger charge is -2.08. The highest BCUT2D eigenvalue weighted by atomic mass is 16.2. The molecule has 0 saturated heterocycles. The smallest absolute Gasteiger partial charge is 0.222 e. The molecule has 0 saturated carbocycles. The normalized spacial score (nSPS) is 9.50. The van der Waals surface area contributed by atoms with Crippen LogP contribution in [0.25, 0.3) is 0 Å². The van der Waals surface area contributed by atoms with Crippen LogP contribution in [0.4, 0.5) is 0 Å². The van der Waals surface area contributed by atoms with E-state index in [1.54, 1.807) is 19.0 Å². The van der Waals surface area contributed by atoms with Gasteiger partial charge in [0, 0.05) is 26.9 Å². The summed E-state index contributed by atoms with van der Waals surface area (Å²) in [4.78, 5) is 22.6. The van der Waals surface area contributed by atoms with E-state index in [0.29, 0.717) is 12.8 Å². The molecular formula is C9H17NO2.